The average molecular weight is 347 g/mol. The number of anilines is 1. The van der Waals surface area contributed by atoms with Crippen molar-refractivity contribution >= 4 is 49.5 Å². The number of primary amides is 1. The van der Waals surface area contributed by atoms with E-state index in [2.05, 4.69) is 32.0 Å². The number of carbonyl (C=O) groups is 1. The van der Waals surface area contributed by atoms with Crippen molar-refractivity contribution in [1.82, 2.24) is 9.97 Å². The van der Waals surface area contributed by atoms with Crippen LogP contribution in [0.4, 0.5) is 5.69 Å². The fourth-order valence-corrected chi connectivity index (χ4v) is 2.93. The molecule has 0 atom stereocenters. The van der Waals surface area contributed by atoms with Gasteiger partial charge in [0.25, 0.3) is 0 Å². The molecule has 0 saturated carbocycles. The zero-order valence-corrected chi connectivity index (χ0v) is 13.4. The topological polar surface area (TPSA) is 75.0 Å². The normalized spacial score (nSPS) is 11.2. The van der Waals surface area contributed by atoms with E-state index in [1.807, 2.05) is 37.2 Å². The van der Waals surface area contributed by atoms with Gasteiger partial charge in [-0.1, -0.05) is 0 Å². The lowest BCUT2D eigenvalue weighted by molar-refractivity contribution is -0.117. The number of nitrogens with zero attached hydrogens (tertiary/aromatic N) is 2. The summed E-state index contributed by atoms with van der Waals surface area (Å²) in [5, 5.41) is 1.03. The Kier molecular flexibility index (Phi) is 3.33. The van der Waals surface area contributed by atoms with Crippen molar-refractivity contribution < 1.29 is 4.79 Å². The molecule has 1 amide bonds. The fourth-order valence-electron chi connectivity index (χ4n) is 2.48. The number of halogens is 1. The number of rotatable bonds is 3. The highest BCUT2D eigenvalue weighted by Gasteiger charge is 2.13. The molecule has 5 nitrogen and oxygen atoms in total. The zero-order valence-electron chi connectivity index (χ0n) is 11.8. The van der Waals surface area contributed by atoms with Gasteiger partial charge in [0, 0.05) is 25.2 Å². The predicted molar refractivity (Wildman–Crippen MR) is 88.5 cm³/mol. The highest BCUT2D eigenvalue weighted by atomic mass is 79.9. The first-order valence-corrected chi connectivity index (χ1v) is 7.31. The Hall–Kier alpha value is -2.08. The number of hydrogen-bond acceptors (Lipinski definition) is 3. The van der Waals surface area contributed by atoms with E-state index in [0.29, 0.717) is 4.60 Å². The van der Waals surface area contributed by atoms with Crippen LogP contribution in [0.5, 0.6) is 0 Å². The summed E-state index contributed by atoms with van der Waals surface area (Å²) in [7, 11) is 3.99. The summed E-state index contributed by atoms with van der Waals surface area (Å²) in [5.41, 5.74) is 9.98. The third-order valence-electron chi connectivity index (χ3n) is 3.47. The third-order valence-corrected chi connectivity index (χ3v) is 3.88. The van der Waals surface area contributed by atoms with Crippen LogP contribution in [0.2, 0.25) is 0 Å². The Bertz CT molecular complexity index is 854. The van der Waals surface area contributed by atoms with Crippen LogP contribution in [-0.2, 0) is 11.2 Å². The van der Waals surface area contributed by atoms with Crippen LogP contribution in [0.3, 0.4) is 0 Å². The maximum absolute atomic E-state index is 11.2. The van der Waals surface area contributed by atoms with Crippen molar-refractivity contribution in [2.45, 2.75) is 6.42 Å². The molecule has 3 aromatic rings. The number of aromatic nitrogens is 2. The second-order valence-electron chi connectivity index (χ2n) is 5.22. The number of fused-ring (bicyclic) bond motifs is 3. The monoisotopic (exact) mass is 346 g/mol. The van der Waals surface area contributed by atoms with Gasteiger partial charge in [-0.2, -0.15) is 0 Å². The van der Waals surface area contributed by atoms with E-state index in [1.54, 1.807) is 0 Å². The molecular weight excluding hydrogens is 332 g/mol. The van der Waals surface area contributed by atoms with Crippen LogP contribution in [0.25, 0.3) is 21.9 Å². The van der Waals surface area contributed by atoms with Gasteiger partial charge < -0.3 is 15.6 Å². The first-order valence-electron chi connectivity index (χ1n) is 6.52. The Morgan fingerprint density at radius 3 is 2.81 bits per heavy atom. The fraction of sp³-hybridized carbons (Fsp3) is 0.200. The van der Waals surface area contributed by atoms with Gasteiger partial charge in [0.1, 0.15) is 4.60 Å². The van der Waals surface area contributed by atoms with E-state index < -0.39 is 0 Å². The number of H-pyrrole nitrogens is 1. The van der Waals surface area contributed by atoms with E-state index in [4.69, 9.17) is 5.73 Å². The zero-order chi connectivity index (χ0) is 15.1. The lowest BCUT2D eigenvalue weighted by Crippen LogP contribution is -2.14. The summed E-state index contributed by atoms with van der Waals surface area (Å²) in [6.07, 6.45) is 0.185. The Morgan fingerprint density at radius 1 is 1.38 bits per heavy atom. The molecule has 0 aliphatic rings. The van der Waals surface area contributed by atoms with Crippen molar-refractivity contribution in [3.05, 3.63) is 34.4 Å². The summed E-state index contributed by atoms with van der Waals surface area (Å²) in [6.45, 7) is 0. The highest BCUT2D eigenvalue weighted by molar-refractivity contribution is 9.10. The second kappa shape index (κ2) is 5.04. The van der Waals surface area contributed by atoms with Gasteiger partial charge in [-0.3, -0.25) is 4.79 Å². The van der Waals surface area contributed by atoms with Crippen molar-refractivity contribution in [3.63, 3.8) is 0 Å². The smallest absolute Gasteiger partial charge is 0.221 e. The number of nitrogens with one attached hydrogen (secondary N) is 1. The molecule has 3 N–H and O–H groups in total. The lowest BCUT2D eigenvalue weighted by Gasteiger charge is -2.11. The summed E-state index contributed by atoms with van der Waals surface area (Å²) in [4.78, 5) is 21.2. The van der Waals surface area contributed by atoms with Gasteiger partial charge in [-0.05, 0) is 45.8 Å². The van der Waals surface area contributed by atoms with Crippen molar-refractivity contribution in [3.8, 4) is 0 Å². The van der Waals surface area contributed by atoms with Crippen LogP contribution in [-0.4, -0.2) is 30.0 Å². The molecule has 21 heavy (non-hydrogen) atoms. The molecule has 3 rings (SSSR count). The first kappa shape index (κ1) is 13.9. The number of benzene rings is 1. The average Bonchev–Trinajstić information content (AvgIpc) is 2.76. The molecule has 0 aliphatic heterocycles. The lowest BCUT2D eigenvalue weighted by atomic mass is 10.1. The number of amides is 1. The van der Waals surface area contributed by atoms with Gasteiger partial charge in [-0.15, -0.1) is 0 Å². The Labute approximate surface area is 130 Å². The molecule has 0 bridgehead atoms. The molecule has 0 radical (unpaired) electrons. The van der Waals surface area contributed by atoms with Gasteiger partial charge in [0.15, 0.2) is 0 Å². The van der Waals surface area contributed by atoms with Crippen LogP contribution in [0.1, 0.15) is 5.56 Å². The number of carbonyl (C=O) groups excluding carboxylic acids is 1. The molecule has 1 aromatic carbocycles. The van der Waals surface area contributed by atoms with Gasteiger partial charge in [0.2, 0.25) is 5.91 Å². The molecule has 2 aromatic heterocycles. The molecule has 6 heteroatoms. The Morgan fingerprint density at radius 2 is 2.14 bits per heavy atom. The molecule has 0 aliphatic carbocycles. The number of nitrogens with two attached hydrogens (primary N) is 1. The third kappa shape index (κ3) is 2.47. The number of pyridine rings is 1. The van der Waals surface area contributed by atoms with Crippen LogP contribution in [0.15, 0.2) is 28.9 Å². The highest BCUT2D eigenvalue weighted by Crippen LogP contribution is 2.30. The van der Waals surface area contributed by atoms with Gasteiger partial charge in [-0.25, -0.2) is 4.98 Å². The molecule has 0 unspecified atom stereocenters. The van der Waals surface area contributed by atoms with E-state index >= 15 is 0 Å². The minimum atomic E-state index is -0.359. The molecular formula is C15H15BrN4O. The number of hydrogen-bond donors (Lipinski definition) is 2. The predicted octanol–water partition coefficient (Wildman–Crippen LogP) is 2.57. The first-order chi connectivity index (χ1) is 9.95. The molecule has 0 fully saturated rings. The maximum atomic E-state index is 11.2. The van der Waals surface area contributed by atoms with E-state index in [1.165, 1.54) is 0 Å². The summed E-state index contributed by atoms with van der Waals surface area (Å²) >= 11 is 3.40. The standard InChI is InChI=1S/C15H15BrN4O/c1-20(2)9-3-4-10-11(7-9)18-14-8(6-13(17)21)5-12(16)19-15(10)14/h3-5,7,18H,6H2,1-2H3,(H2,17,21). The maximum Gasteiger partial charge on any atom is 0.221 e. The van der Waals surface area contributed by atoms with Crippen molar-refractivity contribution in [2.24, 2.45) is 5.73 Å². The molecule has 108 valence electrons. The van der Waals surface area contributed by atoms with Crippen LogP contribution >= 0.6 is 15.9 Å². The Balaban J connectivity index is 2.31. The molecule has 0 saturated heterocycles. The minimum absolute atomic E-state index is 0.185. The largest absolute Gasteiger partial charge is 0.378 e. The SMILES string of the molecule is CN(C)c1ccc2c(c1)[nH]c1c(CC(N)=O)cc(Br)nc12. The molecule has 0 spiro atoms. The summed E-state index contributed by atoms with van der Waals surface area (Å²) in [5.74, 6) is -0.359. The van der Waals surface area contributed by atoms with Crippen LogP contribution < -0.4 is 10.6 Å². The molecule has 2 heterocycles. The van der Waals surface area contributed by atoms with Gasteiger partial charge in [0.05, 0.1) is 23.0 Å². The van der Waals surface area contributed by atoms with Crippen molar-refractivity contribution in [1.29, 1.82) is 0 Å². The van der Waals surface area contributed by atoms with Crippen LogP contribution in [0, 0.1) is 0 Å². The van der Waals surface area contributed by atoms with Crippen molar-refractivity contribution in [2.75, 3.05) is 19.0 Å². The second-order valence-corrected chi connectivity index (χ2v) is 6.03. The van der Waals surface area contributed by atoms with Gasteiger partial charge >= 0.3 is 0 Å². The summed E-state index contributed by atoms with van der Waals surface area (Å²) in [6, 6.07) is 7.98. The summed E-state index contributed by atoms with van der Waals surface area (Å²) < 4.78 is 0.698. The quantitative estimate of drug-likeness (QED) is 0.715. The number of aromatic amines is 1. The van der Waals surface area contributed by atoms with E-state index in [9.17, 15) is 4.79 Å². The van der Waals surface area contributed by atoms with E-state index in [0.717, 1.165) is 33.2 Å². The van der Waals surface area contributed by atoms with E-state index in [-0.39, 0.29) is 12.3 Å². The minimum Gasteiger partial charge on any atom is -0.378 e.